The fourth-order valence-electron chi connectivity index (χ4n) is 3.55. The molecule has 0 aromatic heterocycles. The van der Waals surface area contributed by atoms with Crippen molar-refractivity contribution >= 4 is 32.4 Å². The van der Waals surface area contributed by atoms with Crippen LogP contribution in [0.2, 0.25) is 0 Å². The number of carbonyl (C=O) groups is 1. The fourth-order valence-corrected chi connectivity index (χ4v) is 5.11. The Hall–Kier alpha value is -2.86. The third-order valence-electron chi connectivity index (χ3n) is 5.14. The molecule has 4 rings (SSSR count). The van der Waals surface area contributed by atoms with Crippen molar-refractivity contribution in [1.29, 1.82) is 0 Å². The number of fused-ring (bicyclic) bond motifs is 1. The van der Waals surface area contributed by atoms with Gasteiger partial charge >= 0.3 is 0 Å². The number of rotatable bonds is 4. The molecule has 144 valence electrons. The Morgan fingerprint density at radius 2 is 1.71 bits per heavy atom. The molecule has 1 N–H and O–H groups in total. The van der Waals surface area contributed by atoms with Crippen LogP contribution in [0.5, 0.6) is 0 Å². The van der Waals surface area contributed by atoms with Crippen LogP contribution < -0.4 is 9.62 Å². The lowest BCUT2D eigenvalue weighted by Crippen LogP contribution is -2.27. The summed E-state index contributed by atoms with van der Waals surface area (Å²) in [6, 6.07) is 20.9. The minimum absolute atomic E-state index is 0.143. The summed E-state index contributed by atoms with van der Waals surface area (Å²) in [7, 11) is -3.21. The molecule has 0 bridgehead atoms. The molecule has 3 aromatic carbocycles. The van der Waals surface area contributed by atoms with Crippen molar-refractivity contribution in [3.63, 3.8) is 0 Å². The second kappa shape index (κ2) is 7.28. The molecule has 0 aliphatic carbocycles. The number of amides is 1. The Balaban J connectivity index is 1.48. The summed E-state index contributed by atoms with van der Waals surface area (Å²) in [6.45, 7) is 2.44. The van der Waals surface area contributed by atoms with Gasteiger partial charge in [-0.2, -0.15) is 0 Å². The van der Waals surface area contributed by atoms with E-state index in [1.807, 2.05) is 25.1 Å². The number of hydrogen-bond donors (Lipinski definition) is 1. The van der Waals surface area contributed by atoms with Crippen molar-refractivity contribution in [2.24, 2.45) is 0 Å². The Morgan fingerprint density at radius 3 is 2.39 bits per heavy atom. The number of anilines is 1. The molecule has 1 aliphatic heterocycles. The van der Waals surface area contributed by atoms with Crippen LogP contribution >= 0.6 is 0 Å². The first-order valence-electron chi connectivity index (χ1n) is 9.34. The molecule has 3 aromatic rings. The summed E-state index contributed by atoms with van der Waals surface area (Å²) >= 11 is 0. The molecule has 1 atom stereocenters. The van der Waals surface area contributed by atoms with E-state index < -0.39 is 10.0 Å². The van der Waals surface area contributed by atoms with Gasteiger partial charge < -0.3 is 5.32 Å². The van der Waals surface area contributed by atoms with Gasteiger partial charge in [-0.15, -0.1) is 0 Å². The van der Waals surface area contributed by atoms with Crippen LogP contribution in [0.3, 0.4) is 0 Å². The van der Waals surface area contributed by atoms with Gasteiger partial charge in [-0.05, 0) is 60.0 Å². The van der Waals surface area contributed by atoms with E-state index >= 15 is 0 Å². The topological polar surface area (TPSA) is 66.5 Å². The number of carbonyl (C=O) groups excluding carboxylic acids is 1. The Labute approximate surface area is 165 Å². The Kier molecular flexibility index (Phi) is 4.81. The van der Waals surface area contributed by atoms with Crippen LogP contribution in [0.25, 0.3) is 10.8 Å². The van der Waals surface area contributed by atoms with Crippen LogP contribution in [0.1, 0.15) is 35.3 Å². The zero-order valence-electron chi connectivity index (χ0n) is 15.6. The molecule has 6 heteroatoms. The second-order valence-electron chi connectivity index (χ2n) is 7.09. The van der Waals surface area contributed by atoms with Gasteiger partial charge in [0.15, 0.2) is 0 Å². The molecule has 0 saturated carbocycles. The zero-order chi connectivity index (χ0) is 19.7. The smallest absolute Gasteiger partial charge is 0.251 e. The molecule has 0 radical (unpaired) electrons. The molecular weight excluding hydrogens is 372 g/mol. The first-order chi connectivity index (χ1) is 13.4. The first kappa shape index (κ1) is 18.5. The van der Waals surface area contributed by atoms with Crippen LogP contribution in [0.4, 0.5) is 5.69 Å². The van der Waals surface area contributed by atoms with E-state index in [4.69, 9.17) is 0 Å². The van der Waals surface area contributed by atoms with E-state index in [0.29, 0.717) is 24.2 Å². The lowest BCUT2D eigenvalue weighted by molar-refractivity contribution is 0.0940. The molecule has 1 aliphatic rings. The predicted molar refractivity (Wildman–Crippen MR) is 112 cm³/mol. The average molecular weight is 394 g/mol. The van der Waals surface area contributed by atoms with Crippen LogP contribution in [-0.2, 0) is 10.0 Å². The molecule has 5 nitrogen and oxygen atoms in total. The van der Waals surface area contributed by atoms with E-state index in [2.05, 4.69) is 29.6 Å². The van der Waals surface area contributed by atoms with Gasteiger partial charge in [0.05, 0.1) is 17.5 Å². The van der Waals surface area contributed by atoms with Crippen LogP contribution in [-0.4, -0.2) is 26.6 Å². The highest BCUT2D eigenvalue weighted by atomic mass is 32.2. The standard InChI is InChI=1S/C22H22N2O3S/c1-16(19-8-7-17-5-2-3-6-20(17)15-19)23-22(25)18-9-11-21(12-10-18)24-13-4-14-28(24,26)27/h2-3,5-12,15-16H,4,13-14H2,1H3,(H,23,25). The maximum absolute atomic E-state index is 12.6. The average Bonchev–Trinajstić information content (AvgIpc) is 3.06. The first-order valence-corrected chi connectivity index (χ1v) is 10.9. The number of hydrogen-bond acceptors (Lipinski definition) is 3. The Morgan fingerprint density at radius 1 is 1.00 bits per heavy atom. The van der Waals surface area contributed by atoms with Crippen molar-refractivity contribution in [2.75, 3.05) is 16.6 Å². The van der Waals surface area contributed by atoms with Gasteiger partial charge in [0.25, 0.3) is 5.91 Å². The van der Waals surface area contributed by atoms with Crippen molar-refractivity contribution in [2.45, 2.75) is 19.4 Å². The molecule has 1 saturated heterocycles. The van der Waals surface area contributed by atoms with Gasteiger partial charge in [0.2, 0.25) is 10.0 Å². The minimum Gasteiger partial charge on any atom is -0.346 e. The normalized spacial score (nSPS) is 16.8. The molecule has 1 amide bonds. The van der Waals surface area contributed by atoms with Crippen LogP contribution in [0.15, 0.2) is 66.7 Å². The highest BCUT2D eigenvalue weighted by Crippen LogP contribution is 2.25. The SMILES string of the molecule is CC(NC(=O)c1ccc(N2CCCS2(=O)=O)cc1)c1ccc2ccccc2c1. The fraction of sp³-hybridized carbons (Fsp3) is 0.227. The summed E-state index contributed by atoms with van der Waals surface area (Å²) in [5.41, 5.74) is 2.15. The number of benzene rings is 3. The van der Waals surface area contributed by atoms with Crippen molar-refractivity contribution in [3.05, 3.63) is 77.9 Å². The minimum atomic E-state index is -3.21. The van der Waals surface area contributed by atoms with E-state index in [9.17, 15) is 13.2 Å². The van der Waals surface area contributed by atoms with E-state index in [0.717, 1.165) is 16.3 Å². The molecule has 1 heterocycles. The van der Waals surface area contributed by atoms with Crippen molar-refractivity contribution < 1.29 is 13.2 Å². The van der Waals surface area contributed by atoms with Crippen molar-refractivity contribution in [1.82, 2.24) is 5.32 Å². The zero-order valence-corrected chi connectivity index (χ0v) is 16.4. The second-order valence-corrected chi connectivity index (χ2v) is 9.10. The maximum Gasteiger partial charge on any atom is 0.251 e. The highest BCUT2D eigenvalue weighted by Gasteiger charge is 2.28. The lowest BCUT2D eigenvalue weighted by Gasteiger charge is -2.18. The van der Waals surface area contributed by atoms with Gasteiger partial charge in [0.1, 0.15) is 0 Å². The summed E-state index contributed by atoms with van der Waals surface area (Å²) < 4.78 is 25.5. The number of nitrogens with one attached hydrogen (secondary N) is 1. The van der Waals surface area contributed by atoms with Gasteiger partial charge in [-0.3, -0.25) is 9.10 Å². The van der Waals surface area contributed by atoms with E-state index in [-0.39, 0.29) is 17.7 Å². The highest BCUT2D eigenvalue weighted by molar-refractivity contribution is 7.93. The maximum atomic E-state index is 12.6. The molecule has 28 heavy (non-hydrogen) atoms. The third kappa shape index (κ3) is 3.60. The van der Waals surface area contributed by atoms with Crippen LogP contribution in [0, 0.1) is 0 Å². The van der Waals surface area contributed by atoms with E-state index in [1.54, 1.807) is 24.3 Å². The number of sulfonamides is 1. The Bertz CT molecular complexity index is 1120. The van der Waals surface area contributed by atoms with Gasteiger partial charge in [-0.1, -0.05) is 36.4 Å². The quantitative estimate of drug-likeness (QED) is 0.730. The monoisotopic (exact) mass is 394 g/mol. The van der Waals surface area contributed by atoms with Gasteiger partial charge in [0, 0.05) is 12.1 Å². The van der Waals surface area contributed by atoms with Crippen molar-refractivity contribution in [3.8, 4) is 0 Å². The summed E-state index contributed by atoms with van der Waals surface area (Å²) in [5.74, 6) is -0.00473. The molecule has 0 spiro atoms. The molecular formula is C22H22N2O3S. The molecule has 1 unspecified atom stereocenters. The summed E-state index contributed by atoms with van der Waals surface area (Å²) in [6.07, 6.45) is 0.633. The number of nitrogens with zero attached hydrogens (tertiary/aromatic N) is 1. The largest absolute Gasteiger partial charge is 0.346 e. The lowest BCUT2D eigenvalue weighted by atomic mass is 10.0. The van der Waals surface area contributed by atoms with Gasteiger partial charge in [-0.25, -0.2) is 8.42 Å². The molecule has 1 fully saturated rings. The van der Waals surface area contributed by atoms with E-state index in [1.165, 1.54) is 4.31 Å². The summed E-state index contributed by atoms with van der Waals surface area (Å²) in [5, 5.41) is 5.31. The third-order valence-corrected chi connectivity index (χ3v) is 7.01. The predicted octanol–water partition coefficient (Wildman–Crippen LogP) is 3.87. The summed E-state index contributed by atoms with van der Waals surface area (Å²) in [4.78, 5) is 12.6.